The zero-order chi connectivity index (χ0) is 12.5. The van der Waals surface area contributed by atoms with Crippen LogP contribution in [0.4, 0.5) is 0 Å². The first-order valence-electron chi connectivity index (χ1n) is 5.23. The zero-order valence-corrected chi connectivity index (χ0v) is 11.5. The minimum absolute atomic E-state index is 0.0868. The van der Waals surface area contributed by atoms with E-state index in [0.717, 1.165) is 17.5 Å². The summed E-state index contributed by atoms with van der Waals surface area (Å²) in [5.74, 6) is 1.09. The van der Waals surface area contributed by atoms with Gasteiger partial charge in [0.15, 0.2) is 0 Å². The maximum absolute atomic E-state index is 5.83. The largest absolute Gasteiger partial charge is 0.436 e. The van der Waals surface area contributed by atoms with Crippen molar-refractivity contribution < 1.29 is 4.74 Å². The smallest absolute Gasteiger partial charge is 0.270 e. The average molecular weight is 269 g/mol. The molecule has 1 aromatic carbocycles. The molecule has 0 fully saturated rings. The van der Waals surface area contributed by atoms with Crippen LogP contribution in [0.5, 0.6) is 11.6 Å². The lowest BCUT2D eigenvalue weighted by atomic mass is 9.87. The van der Waals surface area contributed by atoms with Crippen molar-refractivity contribution in [1.82, 2.24) is 8.75 Å². The van der Waals surface area contributed by atoms with Crippen molar-refractivity contribution in [3.8, 4) is 11.6 Å². The Morgan fingerprint density at radius 3 is 2.59 bits per heavy atom. The van der Waals surface area contributed by atoms with E-state index < -0.39 is 0 Å². The Bertz CT molecular complexity index is 519. The van der Waals surface area contributed by atoms with E-state index in [9.17, 15) is 0 Å². The van der Waals surface area contributed by atoms with Gasteiger partial charge in [0.25, 0.3) is 5.88 Å². The van der Waals surface area contributed by atoms with Crippen molar-refractivity contribution in [2.24, 2.45) is 0 Å². The topological polar surface area (TPSA) is 35.0 Å². The minimum atomic E-state index is 0.0868. The van der Waals surface area contributed by atoms with Crippen molar-refractivity contribution >= 4 is 23.3 Å². The zero-order valence-electron chi connectivity index (χ0n) is 9.90. The van der Waals surface area contributed by atoms with Gasteiger partial charge in [-0.2, -0.15) is 4.37 Å². The first kappa shape index (κ1) is 12.3. The molecule has 0 saturated carbocycles. The monoisotopic (exact) mass is 268 g/mol. The van der Waals surface area contributed by atoms with E-state index in [-0.39, 0.29) is 5.41 Å². The molecule has 5 heteroatoms. The quantitative estimate of drug-likeness (QED) is 0.815. The van der Waals surface area contributed by atoms with E-state index in [0.29, 0.717) is 11.0 Å². The number of hydrogen-bond acceptors (Lipinski definition) is 4. The summed E-state index contributed by atoms with van der Waals surface area (Å²) in [6, 6.07) is 7.91. The van der Waals surface area contributed by atoms with Crippen LogP contribution >= 0.6 is 23.3 Å². The van der Waals surface area contributed by atoms with Crippen molar-refractivity contribution in [3.05, 3.63) is 35.0 Å². The number of rotatable bonds is 2. The molecule has 0 atom stereocenters. The average Bonchev–Trinajstić information content (AvgIpc) is 2.64. The number of ether oxygens (including phenoxy) is 1. The lowest BCUT2D eigenvalue weighted by molar-refractivity contribution is 0.464. The highest BCUT2D eigenvalue weighted by atomic mass is 35.5. The molecule has 2 aromatic rings. The van der Waals surface area contributed by atoms with Gasteiger partial charge in [0.1, 0.15) is 5.75 Å². The third kappa shape index (κ3) is 2.96. The number of halogens is 1. The molecular formula is C12H13ClN2OS. The van der Waals surface area contributed by atoms with Gasteiger partial charge in [-0.1, -0.05) is 44.5 Å². The molecule has 2 rings (SSSR count). The highest BCUT2D eigenvalue weighted by Crippen LogP contribution is 2.30. The molecule has 1 aromatic heterocycles. The predicted molar refractivity (Wildman–Crippen MR) is 70.1 cm³/mol. The van der Waals surface area contributed by atoms with Gasteiger partial charge in [-0.05, 0) is 23.1 Å². The van der Waals surface area contributed by atoms with Crippen molar-refractivity contribution in [2.45, 2.75) is 26.2 Å². The molecule has 0 aliphatic heterocycles. The molecule has 0 saturated heterocycles. The summed E-state index contributed by atoms with van der Waals surface area (Å²) in [6.45, 7) is 6.47. The highest BCUT2D eigenvalue weighted by Gasteiger charge is 2.15. The molecule has 1 heterocycles. The maximum atomic E-state index is 5.83. The fraction of sp³-hybridized carbons (Fsp3) is 0.333. The molecule has 0 spiro atoms. The molecule has 17 heavy (non-hydrogen) atoms. The lowest BCUT2D eigenvalue weighted by Crippen LogP contribution is -2.10. The number of aromatic nitrogens is 2. The van der Waals surface area contributed by atoms with Gasteiger partial charge in [-0.15, -0.1) is 4.37 Å². The van der Waals surface area contributed by atoms with Crippen molar-refractivity contribution in [1.29, 1.82) is 0 Å². The van der Waals surface area contributed by atoms with Gasteiger partial charge in [0.05, 0.1) is 11.7 Å². The Kier molecular flexibility index (Phi) is 3.35. The third-order valence-corrected chi connectivity index (χ3v) is 3.19. The Balaban J connectivity index is 2.26. The van der Waals surface area contributed by atoms with Crippen LogP contribution in [-0.4, -0.2) is 8.75 Å². The molecular weight excluding hydrogens is 256 g/mol. The molecule has 0 aliphatic carbocycles. The second-order valence-corrected chi connectivity index (χ2v) is 5.63. The second kappa shape index (κ2) is 4.63. The van der Waals surface area contributed by atoms with E-state index in [1.165, 1.54) is 5.56 Å². The Morgan fingerprint density at radius 1 is 1.24 bits per heavy atom. The van der Waals surface area contributed by atoms with Crippen LogP contribution in [-0.2, 0) is 5.41 Å². The Labute approximate surface area is 110 Å². The van der Waals surface area contributed by atoms with Crippen LogP contribution in [0.1, 0.15) is 26.3 Å². The van der Waals surface area contributed by atoms with Crippen molar-refractivity contribution in [3.63, 3.8) is 0 Å². The molecule has 0 radical (unpaired) electrons. The molecule has 0 aliphatic rings. The molecule has 0 unspecified atom stereocenters. The molecule has 0 N–H and O–H groups in total. The minimum Gasteiger partial charge on any atom is -0.436 e. The maximum Gasteiger partial charge on any atom is 0.270 e. The molecule has 0 amide bonds. The predicted octanol–water partition coefficient (Wildman–Crippen LogP) is 4.28. The van der Waals surface area contributed by atoms with Gasteiger partial charge in [-0.25, -0.2) is 0 Å². The Morgan fingerprint density at radius 2 is 2.00 bits per heavy atom. The number of nitrogens with zero attached hydrogens (tertiary/aromatic N) is 2. The molecule has 3 nitrogen and oxygen atoms in total. The summed E-state index contributed by atoms with van der Waals surface area (Å²) in [7, 11) is 0. The number of hydrogen-bond donors (Lipinski definition) is 0. The summed E-state index contributed by atoms with van der Waals surface area (Å²) >= 11 is 6.87. The van der Waals surface area contributed by atoms with E-state index in [1.54, 1.807) is 0 Å². The van der Waals surface area contributed by atoms with E-state index in [2.05, 4.69) is 35.6 Å². The second-order valence-electron chi connectivity index (χ2n) is 4.74. The van der Waals surface area contributed by atoms with E-state index >= 15 is 0 Å². The highest BCUT2D eigenvalue weighted by molar-refractivity contribution is 6.99. The van der Waals surface area contributed by atoms with Crippen LogP contribution in [0.25, 0.3) is 0 Å². The lowest BCUT2D eigenvalue weighted by Gasteiger charge is -2.19. The van der Waals surface area contributed by atoms with E-state index in [4.69, 9.17) is 16.3 Å². The fourth-order valence-corrected chi connectivity index (χ4v) is 1.98. The van der Waals surface area contributed by atoms with Gasteiger partial charge in [0, 0.05) is 0 Å². The van der Waals surface area contributed by atoms with Crippen molar-refractivity contribution in [2.75, 3.05) is 0 Å². The van der Waals surface area contributed by atoms with Crippen LogP contribution < -0.4 is 4.74 Å². The summed E-state index contributed by atoms with van der Waals surface area (Å²) in [6.07, 6.45) is 0. The number of benzene rings is 1. The van der Waals surface area contributed by atoms with Gasteiger partial charge in [0.2, 0.25) is 5.15 Å². The third-order valence-electron chi connectivity index (χ3n) is 2.34. The van der Waals surface area contributed by atoms with Crippen LogP contribution in [0.3, 0.4) is 0 Å². The Hall–Kier alpha value is -1.13. The van der Waals surface area contributed by atoms with Crippen LogP contribution in [0.15, 0.2) is 24.3 Å². The van der Waals surface area contributed by atoms with Gasteiger partial charge < -0.3 is 4.74 Å². The van der Waals surface area contributed by atoms with E-state index in [1.807, 2.05) is 18.2 Å². The van der Waals surface area contributed by atoms with Gasteiger partial charge in [-0.3, -0.25) is 0 Å². The van der Waals surface area contributed by atoms with Crippen LogP contribution in [0, 0.1) is 0 Å². The van der Waals surface area contributed by atoms with Gasteiger partial charge >= 0.3 is 0 Å². The normalized spacial score (nSPS) is 11.5. The standard InChI is InChI=1S/C12H13ClN2OS/c1-12(2,3)8-5-4-6-9(7-8)16-11-10(13)14-17-15-11/h4-7H,1-3H3. The first-order valence-corrected chi connectivity index (χ1v) is 6.34. The SMILES string of the molecule is CC(C)(C)c1cccc(Oc2nsnc2Cl)c1. The summed E-state index contributed by atoms with van der Waals surface area (Å²) in [4.78, 5) is 0. The molecule has 0 bridgehead atoms. The first-order chi connectivity index (χ1) is 7.97. The summed E-state index contributed by atoms with van der Waals surface area (Å²) in [5, 5.41) is 0.302. The fourth-order valence-electron chi connectivity index (χ4n) is 1.37. The molecule has 90 valence electrons. The van der Waals surface area contributed by atoms with Crippen LogP contribution in [0.2, 0.25) is 5.15 Å². The summed E-state index contributed by atoms with van der Waals surface area (Å²) in [5.41, 5.74) is 1.29. The summed E-state index contributed by atoms with van der Waals surface area (Å²) < 4.78 is 13.4.